The lowest BCUT2D eigenvalue weighted by Gasteiger charge is -2.17. The second-order valence-electron chi connectivity index (χ2n) is 4.93. The smallest absolute Gasteiger partial charge is 0.341 e. The zero-order chi connectivity index (χ0) is 16.7. The Morgan fingerprint density at radius 2 is 1.96 bits per heavy atom. The molecule has 0 radical (unpaired) electrons. The highest BCUT2D eigenvalue weighted by molar-refractivity contribution is 5.88. The van der Waals surface area contributed by atoms with Gasteiger partial charge in [-0.1, -0.05) is 13.8 Å². The monoisotopic (exact) mass is 318 g/mol. The van der Waals surface area contributed by atoms with Crippen molar-refractivity contribution in [3.8, 4) is 0 Å². The molecule has 8 heteroatoms. The molecule has 8 nitrogen and oxygen atoms in total. The van der Waals surface area contributed by atoms with Gasteiger partial charge in [-0.05, 0) is 13.1 Å². The van der Waals surface area contributed by atoms with Crippen molar-refractivity contribution in [3.05, 3.63) is 30.4 Å². The first-order chi connectivity index (χ1) is 11.2. The Kier molecular flexibility index (Phi) is 6.04. The molecule has 0 unspecified atom stereocenters. The average Bonchev–Trinajstić information content (AvgIpc) is 3.03. The fraction of sp³-hybridized carbons (Fsp3) is 0.467. The van der Waals surface area contributed by atoms with E-state index in [1.54, 1.807) is 6.20 Å². The van der Waals surface area contributed by atoms with Crippen LogP contribution in [0.4, 0.5) is 11.6 Å². The van der Waals surface area contributed by atoms with Crippen LogP contribution in [0.2, 0.25) is 0 Å². The van der Waals surface area contributed by atoms with Crippen LogP contribution in [0.15, 0.2) is 24.8 Å². The molecule has 124 valence electrons. The SMILES string of the molecule is CCN(CC)CCn1cc(Nc2ncc(C(=O)OC)cn2)cn1. The summed E-state index contributed by atoms with van der Waals surface area (Å²) in [7, 11) is 1.32. The largest absolute Gasteiger partial charge is 0.465 e. The number of aromatic nitrogens is 4. The van der Waals surface area contributed by atoms with Crippen molar-refractivity contribution in [1.82, 2.24) is 24.6 Å². The molecule has 0 atom stereocenters. The van der Waals surface area contributed by atoms with E-state index in [0.29, 0.717) is 11.5 Å². The van der Waals surface area contributed by atoms with Gasteiger partial charge in [-0.25, -0.2) is 14.8 Å². The van der Waals surface area contributed by atoms with Crippen LogP contribution in [-0.4, -0.2) is 57.4 Å². The summed E-state index contributed by atoms with van der Waals surface area (Å²) in [6, 6.07) is 0. The van der Waals surface area contributed by atoms with E-state index in [1.807, 2.05) is 10.9 Å². The van der Waals surface area contributed by atoms with Gasteiger partial charge in [0.2, 0.25) is 5.95 Å². The van der Waals surface area contributed by atoms with Gasteiger partial charge in [-0.2, -0.15) is 5.10 Å². The van der Waals surface area contributed by atoms with Crippen LogP contribution in [0.3, 0.4) is 0 Å². The number of nitrogens with one attached hydrogen (secondary N) is 1. The first kappa shape index (κ1) is 16.9. The minimum absolute atomic E-state index is 0.313. The topological polar surface area (TPSA) is 85.2 Å². The summed E-state index contributed by atoms with van der Waals surface area (Å²) in [5, 5.41) is 7.36. The molecule has 1 N–H and O–H groups in total. The second kappa shape index (κ2) is 8.23. The Labute approximate surface area is 135 Å². The van der Waals surface area contributed by atoms with Gasteiger partial charge in [0, 0.05) is 25.1 Å². The first-order valence-electron chi connectivity index (χ1n) is 7.58. The molecule has 0 amide bonds. The molecule has 2 heterocycles. The predicted molar refractivity (Wildman–Crippen MR) is 86.7 cm³/mol. The number of carbonyl (C=O) groups excluding carboxylic acids is 1. The normalized spacial score (nSPS) is 10.8. The maximum Gasteiger partial charge on any atom is 0.341 e. The number of hydrogen-bond donors (Lipinski definition) is 1. The zero-order valence-corrected chi connectivity index (χ0v) is 13.7. The van der Waals surface area contributed by atoms with Crippen molar-refractivity contribution in [2.24, 2.45) is 0 Å². The molecular weight excluding hydrogens is 296 g/mol. The average molecular weight is 318 g/mol. The van der Waals surface area contributed by atoms with E-state index in [-0.39, 0.29) is 0 Å². The van der Waals surface area contributed by atoms with Crippen molar-refractivity contribution in [2.45, 2.75) is 20.4 Å². The summed E-state index contributed by atoms with van der Waals surface area (Å²) >= 11 is 0. The van der Waals surface area contributed by atoms with Crippen LogP contribution >= 0.6 is 0 Å². The number of anilines is 2. The lowest BCUT2D eigenvalue weighted by molar-refractivity contribution is 0.0600. The summed E-state index contributed by atoms with van der Waals surface area (Å²) in [6.45, 7) is 8.14. The molecule has 2 aromatic rings. The number of carbonyl (C=O) groups is 1. The van der Waals surface area contributed by atoms with Crippen LogP contribution in [0.5, 0.6) is 0 Å². The number of ether oxygens (including phenoxy) is 1. The van der Waals surface area contributed by atoms with Crippen LogP contribution in [0.1, 0.15) is 24.2 Å². The van der Waals surface area contributed by atoms with E-state index >= 15 is 0 Å². The lowest BCUT2D eigenvalue weighted by Crippen LogP contribution is -2.27. The number of likely N-dealkylation sites (N-methyl/N-ethyl adjacent to an activating group) is 1. The summed E-state index contributed by atoms with van der Waals surface area (Å²) in [6.07, 6.45) is 6.47. The molecule has 0 fully saturated rings. The van der Waals surface area contributed by atoms with Crippen molar-refractivity contribution in [3.63, 3.8) is 0 Å². The number of esters is 1. The Balaban J connectivity index is 1.92. The second-order valence-corrected chi connectivity index (χ2v) is 4.93. The molecule has 0 aliphatic heterocycles. The number of methoxy groups -OCH3 is 1. The molecular formula is C15H22N6O2. The Morgan fingerprint density at radius 1 is 1.26 bits per heavy atom. The molecule has 2 aromatic heterocycles. The van der Waals surface area contributed by atoms with Crippen molar-refractivity contribution >= 4 is 17.6 Å². The summed E-state index contributed by atoms with van der Waals surface area (Å²) < 4.78 is 6.48. The van der Waals surface area contributed by atoms with Gasteiger partial charge in [0.1, 0.15) is 0 Å². The van der Waals surface area contributed by atoms with Crippen molar-refractivity contribution in [2.75, 3.05) is 32.1 Å². The minimum atomic E-state index is -0.458. The molecule has 0 saturated heterocycles. The third-order valence-corrected chi connectivity index (χ3v) is 3.50. The van der Waals surface area contributed by atoms with Gasteiger partial charge in [-0.3, -0.25) is 4.68 Å². The molecule has 2 rings (SSSR count). The molecule has 0 spiro atoms. The molecule has 0 aliphatic carbocycles. The number of hydrogen-bond acceptors (Lipinski definition) is 7. The lowest BCUT2D eigenvalue weighted by atomic mass is 10.3. The number of nitrogens with zero attached hydrogens (tertiary/aromatic N) is 5. The Morgan fingerprint density at radius 3 is 2.57 bits per heavy atom. The van der Waals surface area contributed by atoms with Crippen LogP contribution < -0.4 is 5.32 Å². The minimum Gasteiger partial charge on any atom is -0.465 e. The van der Waals surface area contributed by atoms with Gasteiger partial charge in [0.25, 0.3) is 0 Å². The van der Waals surface area contributed by atoms with Crippen molar-refractivity contribution < 1.29 is 9.53 Å². The van der Waals surface area contributed by atoms with Gasteiger partial charge in [0.15, 0.2) is 0 Å². The highest BCUT2D eigenvalue weighted by atomic mass is 16.5. The van der Waals surface area contributed by atoms with Crippen LogP contribution in [-0.2, 0) is 11.3 Å². The highest BCUT2D eigenvalue weighted by Crippen LogP contribution is 2.11. The zero-order valence-electron chi connectivity index (χ0n) is 13.7. The van der Waals surface area contributed by atoms with E-state index in [2.05, 4.69) is 43.9 Å². The van der Waals surface area contributed by atoms with Gasteiger partial charge in [-0.15, -0.1) is 0 Å². The highest BCUT2D eigenvalue weighted by Gasteiger charge is 2.07. The van der Waals surface area contributed by atoms with Crippen LogP contribution in [0, 0.1) is 0 Å². The fourth-order valence-electron chi connectivity index (χ4n) is 2.08. The van der Waals surface area contributed by atoms with E-state index in [9.17, 15) is 4.79 Å². The summed E-state index contributed by atoms with van der Waals surface area (Å²) in [4.78, 5) is 21.8. The van der Waals surface area contributed by atoms with E-state index in [1.165, 1.54) is 19.5 Å². The Hall–Kier alpha value is -2.48. The maximum atomic E-state index is 11.3. The van der Waals surface area contributed by atoms with Gasteiger partial charge < -0.3 is 15.0 Å². The van der Waals surface area contributed by atoms with E-state index < -0.39 is 5.97 Å². The quantitative estimate of drug-likeness (QED) is 0.739. The van der Waals surface area contributed by atoms with E-state index in [0.717, 1.165) is 31.9 Å². The third-order valence-electron chi connectivity index (χ3n) is 3.50. The van der Waals surface area contributed by atoms with Crippen LogP contribution in [0.25, 0.3) is 0 Å². The summed E-state index contributed by atoms with van der Waals surface area (Å²) in [5.41, 5.74) is 1.11. The molecule has 0 saturated carbocycles. The van der Waals surface area contributed by atoms with Gasteiger partial charge >= 0.3 is 5.97 Å². The maximum absolute atomic E-state index is 11.3. The number of rotatable bonds is 8. The standard InChI is InChI=1S/C15H22N6O2/c1-4-20(5-2)6-7-21-11-13(10-18-21)19-15-16-8-12(9-17-15)14(22)23-3/h8-11H,4-7H2,1-3H3,(H,16,17,19). The molecule has 23 heavy (non-hydrogen) atoms. The molecule has 0 bridgehead atoms. The summed E-state index contributed by atoms with van der Waals surface area (Å²) in [5.74, 6) is -0.0540. The fourth-order valence-corrected chi connectivity index (χ4v) is 2.08. The third kappa shape index (κ3) is 4.75. The van der Waals surface area contributed by atoms with Gasteiger partial charge in [0.05, 0.1) is 31.1 Å². The predicted octanol–water partition coefficient (Wildman–Crippen LogP) is 1.55. The first-order valence-corrected chi connectivity index (χ1v) is 7.58. The Bertz CT molecular complexity index is 621. The molecule has 0 aliphatic rings. The van der Waals surface area contributed by atoms with E-state index in [4.69, 9.17) is 0 Å². The molecule has 0 aromatic carbocycles. The van der Waals surface area contributed by atoms with Crippen molar-refractivity contribution in [1.29, 1.82) is 0 Å².